The summed E-state index contributed by atoms with van der Waals surface area (Å²) in [5.41, 5.74) is 2.46. The van der Waals surface area contributed by atoms with Gasteiger partial charge in [0.2, 0.25) is 5.91 Å². The first-order valence-corrected chi connectivity index (χ1v) is 8.74. The van der Waals surface area contributed by atoms with E-state index >= 15 is 0 Å². The molecule has 7 heteroatoms. The number of rotatable bonds is 2. The summed E-state index contributed by atoms with van der Waals surface area (Å²) in [5.74, 6) is 0.761. The largest absolute Gasteiger partial charge is 0.341 e. The normalized spacial score (nSPS) is 14.7. The number of hydrogen-bond acceptors (Lipinski definition) is 4. The van der Waals surface area contributed by atoms with Gasteiger partial charge in [-0.25, -0.2) is 14.8 Å². The number of carbonyl (C=O) groups is 2. The van der Waals surface area contributed by atoms with E-state index in [1.54, 1.807) is 22.9 Å². The highest BCUT2D eigenvalue weighted by Crippen LogP contribution is 2.21. The van der Waals surface area contributed by atoms with Crippen molar-refractivity contribution in [1.29, 1.82) is 0 Å². The molecule has 0 aliphatic carbocycles. The molecule has 3 amide bonds. The third-order valence-electron chi connectivity index (χ3n) is 4.41. The average Bonchev–Trinajstić information content (AvgIpc) is 2.88. The van der Waals surface area contributed by atoms with Gasteiger partial charge in [0.05, 0.1) is 5.69 Å². The zero-order valence-corrected chi connectivity index (χ0v) is 15.1. The summed E-state index contributed by atoms with van der Waals surface area (Å²) in [6, 6.07) is 9.30. The Morgan fingerprint density at radius 3 is 2.62 bits per heavy atom. The fraction of sp³-hybridized carbons (Fsp3) is 0.368. The molecule has 1 aromatic carbocycles. The molecular weight excluding hydrogens is 330 g/mol. The van der Waals surface area contributed by atoms with Crippen LogP contribution in [0.2, 0.25) is 0 Å². The number of amides is 3. The maximum Gasteiger partial charge on any atom is 0.321 e. The van der Waals surface area contributed by atoms with Crippen LogP contribution < -0.4 is 5.32 Å². The maximum atomic E-state index is 12.6. The molecule has 0 saturated carbocycles. The molecule has 0 radical (unpaired) electrons. The van der Waals surface area contributed by atoms with Crippen LogP contribution >= 0.6 is 0 Å². The third kappa shape index (κ3) is 4.36. The molecule has 0 bridgehead atoms. The molecule has 1 aliphatic rings. The Kier molecular flexibility index (Phi) is 5.46. The number of nitrogens with one attached hydrogen (secondary N) is 1. The van der Waals surface area contributed by atoms with E-state index in [0.717, 1.165) is 23.4 Å². The van der Waals surface area contributed by atoms with Crippen LogP contribution in [0.5, 0.6) is 0 Å². The van der Waals surface area contributed by atoms with Crippen molar-refractivity contribution >= 4 is 17.6 Å². The first-order chi connectivity index (χ1) is 12.5. The summed E-state index contributed by atoms with van der Waals surface area (Å²) in [7, 11) is 0. The second-order valence-corrected chi connectivity index (χ2v) is 6.35. The van der Waals surface area contributed by atoms with Crippen molar-refractivity contribution in [1.82, 2.24) is 19.8 Å². The molecule has 1 aromatic heterocycles. The number of nitrogens with zero attached hydrogens (tertiary/aromatic N) is 4. The lowest BCUT2D eigenvalue weighted by molar-refractivity contribution is -0.128. The molecule has 1 aliphatic heterocycles. The molecule has 1 N–H and O–H groups in total. The molecule has 0 spiro atoms. The fourth-order valence-corrected chi connectivity index (χ4v) is 3.01. The van der Waals surface area contributed by atoms with Gasteiger partial charge < -0.3 is 15.1 Å². The van der Waals surface area contributed by atoms with E-state index in [4.69, 9.17) is 0 Å². The molecule has 2 aromatic rings. The number of benzene rings is 1. The number of urea groups is 1. The lowest BCUT2D eigenvalue weighted by Gasteiger charge is -2.22. The maximum absolute atomic E-state index is 12.6. The second-order valence-electron chi connectivity index (χ2n) is 6.35. The Labute approximate surface area is 153 Å². The summed E-state index contributed by atoms with van der Waals surface area (Å²) >= 11 is 0. The van der Waals surface area contributed by atoms with E-state index in [9.17, 15) is 9.59 Å². The minimum absolute atomic E-state index is 0.0557. The number of anilines is 1. The summed E-state index contributed by atoms with van der Waals surface area (Å²) in [4.78, 5) is 36.2. The first kappa shape index (κ1) is 17.8. The van der Waals surface area contributed by atoms with Crippen molar-refractivity contribution in [2.24, 2.45) is 0 Å². The van der Waals surface area contributed by atoms with Crippen LogP contribution in [0.1, 0.15) is 19.2 Å². The van der Waals surface area contributed by atoms with E-state index in [1.807, 2.05) is 37.3 Å². The molecule has 1 saturated heterocycles. The topological polar surface area (TPSA) is 78.4 Å². The van der Waals surface area contributed by atoms with E-state index < -0.39 is 0 Å². The van der Waals surface area contributed by atoms with Crippen LogP contribution in [0.4, 0.5) is 10.5 Å². The Hall–Kier alpha value is -2.96. The van der Waals surface area contributed by atoms with Gasteiger partial charge in [0.15, 0.2) is 0 Å². The molecule has 7 nitrogen and oxygen atoms in total. The van der Waals surface area contributed by atoms with Crippen molar-refractivity contribution in [3.05, 3.63) is 42.4 Å². The third-order valence-corrected chi connectivity index (χ3v) is 4.41. The Balaban J connectivity index is 1.68. The quantitative estimate of drug-likeness (QED) is 0.900. The van der Waals surface area contributed by atoms with Gasteiger partial charge in [-0.15, -0.1) is 0 Å². The molecule has 26 heavy (non-hydrogen) atoms. The van der Waals surface area contributed by atoms with E-state index in [-0.39, 0.29) is 11.9 Å². The van der Waals surface area contributed by atoms with Crippen LogP contribution in [0.15, 0.2) is 36.5 Å². The van der Waals surface area contributed by atoms with E-state index in [2.05, 4.69) is 15.3 Å². The minimum atomic E-state index is -0.147. The average molecular weight is 353 g/mol. The van der Waals surface area contributed by atoms with Crippen molar-refractivity contribution < 1.29 is 9.59 Å². The van der Waals surface area contributed by atoms with Gasteiger partial charge in [-0.1, -0.05) is 12.1 Å². The summed E-state index contributed by atoms with van der Waals surface area (Å²) in [6.07, 6.45) is 2.51. The lowest BCUT2D eigenvalue weighted by atomic mass is 10.1. The van der Waals surface area contributed by atoms with Crippen molar-refractivity contribution in [3.8, 4) is 11.3 Å². The van der Waals surface area contributed by atoms with Gasteiger partial charge in [0.25, 0.3) is 0 Å². The van der Waals surface area contributed by atoms with Gasteiger partial charge >= 0.3 is 6.03 Å². The summed E-state index contributed by atoms with van der Waals surface area (Å²) in [5, 5.41) is 2.95. The predicted molar refractivity (Wildman–Crippen MR) is 99.7 cm³/mol. The van der Waals surface area contributed by atoms with Crippen LogP contribution in [0, 0.1) is 6.92 Å². The summed E-state index contributed by atoms with van der Waals surface area (Å²) < 4.78 is 0. The highest BCUT2D eigenvalue weighted by Gasteiger charge is 2.20. The van der Waals surface area contributed by atoms with E-state index in [1.165, 1.54) is 0 Å². The number of aromatic nitrogens is 2. The second kappa shape index (κ2) is 7.95. The van der Waals surface area contributed by atoms with Crippen molar-refractivity contribution in [2.45, 2.75) is 20.3 Å². The number of carbonyl (C=O) groups excluding carboxylic acids is 2. The van der Waals surface area contributed by atoms with Gasteiger partial charge in [0, 0.05) is 50.6 Å². The monoisotopic (exact) mass is 353 g/mol. The highest BCUT2D eigenvalue weighted by molar-refractivity contribution is 5.90. The lowest BCUT2D eigenvalue weighted by Crippen LogP contribution is -2.38. The number of hydrogen-bond donors (Lipinski definition) is 1. The molecule has 1 fully saturated rings. The van der Waals surface area contributed by atoms with Gasteiger partial charge in [0.1, 0.15) is 5.82 Å². The van der Waals surface area contributed by atoms with Gasteiger partial charge in [-0.3, -0.25) is 4.79 Å². The highest BCUT2D eigenvalue weighted by atomic mass is 16.2. The standard InChI is InChI=1S/C19H23N5O2/c1-14-20-8-7-18(21-14)16-5-3-6-17(13-16)22-19(26)24-10-4-9-23(11-12-24)15(2)25/h3,5-8,13H,4,9-12H2,1-2H3,(H,22,26). The molecule has 0 atom stereocenters. The Bertz CT molecular complexity index is 808. The van der Waals surface area contributed by atoms with Crippen LogP contribution in [0.3, 0.4) is 0 Å². The Morgan fingerprint density at radius 2 is 1.85 bits per heavy atom. The van der Waals surface area contributed by atoms with Crippen LogP contribution in [-0.2, 0) is 4.79 Å². The fourth-order valence-electron chi connectivity index (χ4n) is 3.01. The molecule has 136 valence electrons. The molecule has 0 unspecified atom stereocenters. The van der Waals surface area contributed by atoms with Crippen molar-refractivity contribution in [2.75, 3.05) is 31.5 Å². The minimum Gasteiger partial charge on any atom is -0.341 e. The molecular formula is C19H23N5O2. The first-order valence-electron chi connectivity index (χ1n) is 8.74. The molecule has 2 heterocycles. The summed E-state index contributed by atoms with van der Waals surface area (Å²) in [6.45, 7) is 5.86. The van der Waals surface area contributed by atoms with Crippen LogP contribution in [-0.4, -0.2) is 57.9 Å². The van der Waals surface area contributed by atoms with Gasteiger partial charge in [-0.2, -0.15) is 0 Å². The van der Waals surface area contributed by atoms with Gasteiger partial charge in [-0.05, 0) is 31.5 Å². The Morgan fingerprint density at radius 1 is 1.08 bits per heavy atom. The predicted octanol–water partition coefficient (Wildman–Crippen LogP) is 2.54. The smallest absolute Gasteiger partial charge is 0.321 e. The van der Waals surface area contributed by atoms with E-state index in [0.29, 0.717) is 32.0 Å². The SMILES string of the molecule is CC(=O)N1CCCN(C(=O)Nc2cccc(-c3ccnc(C)n3)c2)CC1. The zero-order valence-electron chi connectivity index (χ0n) is 15.1. The zero-order chi connectivity index (χ0) is 18.5. The number of aryl methyl sites for hydroxylation is 1. The van der Waals surface area contributed by atoms with Crippen molar-refractivity contribution in [3.63, 3.8) is 0 Å². The van der Waals surface area contributed by atoms with Crippen LogP contribution in [0.25, 0.3) is 11.3 Å². The molecule has 3 rings (SSSR count).